The molecule has 0 aromatic carbocycles. The normalized spacial score (nSPS) is 29.1. The van der Waals surface area contributed by atoms with Crippen LogP contribution in [-0.2, 0) is 4.79 Å². The Morgan fingerprint density at radius 3 is 2.65 bits per heavy atom. The third-order valence-electron chi connectivity index (χ3n) is 4.21. The zero-order valence-electron chi connectivity index (χ0n) is 10.7. The van der Waals surface area contributed by atoms with Crippen LogP contribution in [0.3, 0.4) is 0 Å². The molecule has 98 valence electrons. The van der Waals surface area contributed by atoms with E-state index in [1.54, 1.807) is 0 Å². The maximum atomic E-state index is 12.8. The van der Waals surface area contributed by atoms with Crippen molar-refractivity contribution in [2.24, 2.45) is 5.41 Å². The van der Waals surface area contributed by atoms with E-state index in [4.69, 9.17) is 0 Å². The Morgan fingerprint density at radius 1 is 1.41 bits per heavy atom. The van der Waals surface area contributed by atoms with Gasteiger partial charge in [0.2, 0.25) is 5.91 Å². The van der Waals surface area contributed by atoms with Gasteiger partial charge in [-0.2, -0.15) is 0 Å². The van der Waals surface area contributed by atoms with Crippen LogP contribution in [-0.4, -0.2) is 43.2 Å². The molecular formula is C13H23FN2O. The van der Waals surface area contributed by atoms with E-state index in [2.05, 4.69) is 5.32 Å². The number of amides is 1. The lowest BCUT2D eigenvalue weighted by Gasteiger charge is -2.39. The average Bonchev–Trinajstić information content (AvgIpc) is 2.40. The van der Waals surface area contributed by atoms with Crippen LogP contribution in [0.1, 0.15) is 39.0 Å². The monoisotopic (exact) mass is 242 g/mol. The van der Waals surface area contributed by atoms with Gasteiger partial charge in [0.15, 0.2) is 0 Å². The topological polar surface area (TPSA) is 32.3 Å². The van der Waals surface area contributed by atoms with Crippen molar-refractivity contribution in [3.63, 3.8) is 0 Å². The van der Waals surface area contributed by atoms with Gasteiger partial charge in [0.25, 0.3) is 0 Å². The lowest BCUT2D eigenvalue weighted by Crippen LogP contribution is -2.52. The molecule has 0 bridgehead atoms. The van der Waals surface area contributed by atoms with E-state index in [0.717, 1.165) is 45.3 Å². The van der Waals surface area contributed by atoms with E-state index in [0.29, 0.717) is 0 Å². The van der Waals surface area contributed by atoms with Gasteiger partial charge < -0.3 is 10.2 Å². The Hall–Kier alpha value is -0.640. The minimum Gasteiger partial charge on any atom is -0.341 e. The number of carbonyl (C=O) groups excluding carboxylic acids is 1. The summed E-state index contributed by atoms with van der Waals surface area (Å²) in [6.07, 6.45) is 4.85. The molecule has 2 heterocycles. The lowest BCUT2D eigenvalue weighted by molar-refractivity contribution is -0.136. The highest BCUT2D eigenvalue weighted by Crippen LogP contribution is 2.31. The van der Waals surface area contributed by atoms with E-state index in [9.17, 15) is 9.18 Å². The molecule has 4 heteroatoms. The molecule has 2 fully saturated rings. The highest BCUT2D eigenvalue weighted by Gasteiger charge is 2.34. The molecule has 0 aromatic rings. The van der Waals surface area contributed by atoms with Crippen molar-refractivity contribution < 1.29 is 9.18 Å². The molecule has 1 amide bonds. The first-order chi connectivity index (χ1) is 8.14. The van der Waals surface area contributed by atoms with Crippen molar-refractivity contribution in [1.29, 1.82) is 0 Å². The molecule has 2 aliphatic heterocycles. The highest BCUT2D eigenvalue weighted by atomic mass is 19.1. The maximum Gasteiger partial charge on any atom is 0.239 e. The maximum absolute atomic E-state index is 12.8. The second kappa shape index (κ2) is 5.34. The fraction of sp³-hybridized carbons (Fsp3) is 0.923. The molecule has 0 aromatic heterocycles. The van der Waals surface area contributed by atoms with Gasteiger partial charge in [-0.1, -0.05) is 13.3 Å². The number of halogens is 1. The van der Waals surface area contributed by atoms with Crippen LogP contribution in [0.25, 0.3) is 0 Å². The molecule has 2 saturated heterocycles. The molecule has 2 aliphatic rings. The molecular weight excluding hydrogens is 219 g/mol. The summed E-state index contributed by atoms with van der Waals surface area (Å²) in [6.45, 7) is 4.10. The zero-order valence-corrected chi connectivity index (χ0v) is 10.7. The van der Waals surface area contributed by atoms with Gasteiger partial charge in [0.1, 0.15) is 0 Å². The Balaban J connectivity index is 1.85. The Morgan fingerprint density at radius 2 is 2.12 bits per heavy atom. The summed E-state index contributed by atoms with van der Waals surface area (Å²) in [7, 11) is 0. The van der Waals surface area contributed by atoms with Gasteiger partial charge in [0.05, 0.1) is 12.7 Å². The standard InChI is InChI=1S/C13H23FN2O/c1-13(10-14)5-8-16(9-6-13)12(17)11-4-2-3-7-15-11/h11,15H,2-10H2,1H3. The van der Waals surface area contributed by atoms with Gasteiger partial charge in [-0.3, -0.25) is 9.18 Å². The molecule has 0 aliphatic carbocycles. The van der Waals surface area contributed by atoms with Crippen molar-refractivity contribution in [3.8, 4) is 0 Å². The molecule has 0 saturated carbocycles. The number of alkyl halides is 1. The minimum atomic E-state index is -0.267. The summed E-state index contributed by atoms with van der Waals surface area (Å²) in [4.78, 5) is 14.1. The van der Waals surface area contributed by atoms with Crippen LogP contribution in [0, 0.1) is 5.41 Å². The van der Waals surface area contributed by atoms with Crippen molar-refractivity contribution >= 4 is 5.91 Å². The highest BCUT2D eigenvalue weighted by molar-refractivity contribution is 5.82. The number of rotatable bonds is 2. The Kier molecular flexibility index (Phi) is 4.02. The summed E-state index contributed by atoms with van der Waals surface area (Å²) in [5.74, 6) is 0.227. The summed E-state index contributed by atoms with van der Waals surface area (Å²) >= 11 is 0. The summed E-state index contributed by atoms with van der Waals surface area (Å²) in [5.41, 5.74) is -0.198. The number of piperidine rings is 2. The summed E-state index contributed by atoms with van der Waals surface area (Å²) in [5, 5.41) is 3.29. The number of likely N-dealkylation sites (tertiary alicyclic amines) is 1. The van der Waals surface area contributed by atoms with Crippen molar-refractivity contribution in [1.82, 2.24) is 10.2 Å². The van der Waals surface area contributed by atoms with Gasteiger partial charge in [-0.15, -0.1) is 0 Å². The quantitative estimate of drug-likeness (QED) is 0.800. The third kappa shape index (κ3) is 2.97. The van der Waals surface area contributed by atoms with Gasteiger partial charge in [-0.05, 0) is 37.6 Å². The van der Waals surface area contributed by atoms with E-state index >= 15 is 0 Å². The van der Waals surface area contributed by atoms with Crippen molar-refractivity contribution in [2.75, 3.05) is 26.3 Å². The van der Waals surface area contributed by atoms with Crippen LogP contribution in [0.2, 0.25) is 0 Å². The van der Waals surface area contributed by atoms with Gasteiger partial charge in [-0.25, -0.2) is 0 Å². The third-order valence-corrected chi connectivity index (χ3v) is 4.21. The molecule has 2 rings (SSSR count). The van der Waals surface area contributed by atoms with Gasteiger partial charge >= 0.3 is 0 Å². The van der Waals surface area contributed by atoms with Crippen LogP contribution in [0.4, 0.5) is 4.39 Å². The predicted octanol–water partition coefficient (Wildman–Crippen LogP) is 1.73. The van der Waals surface area contributed by atoms with E-state index < -0.39 is 0 Å². The SMILES string of the molecule is CC1(CF)CCN(C(=O)C2CCCCN2)CC1. The fourth-order valence-electron chi connectivity index (χ4n) is 2.68. The summed E-state index contributed by atoms with van der Waals surface area (Å²) < 4.78 is 12.8. The second-order valence-electron chi connectivity index (χ2n) is 5.77. The van der Waals surface area contributed by atoms with Crippen LogP contribution >= 0.6 is 0 Å². The fourth-order valence-corrected chi connectivity index (χ4v) is 2.68. The zero-order chi connectivity index (χ0) is 12.3. The molecule has 0 spiro atoms. The molecule has 1 atom stereocenters. The van der Waals surface area contributed by atoms with Crippen molar-refractivity contribution in [2.45, 2.75) is 45.1 Å². The van der Waals surface area contributed by atoms with Crippen LogP contribution in [0.15, 0.2) is 0 Å². The number of nitrogens with one attached hydrogen (secondary N) is 1. The first-order valence-electron chi connectivity index (χ1n) is 6.73. The number of carbonyl (C=O) groups is 1. The number of nitrogens with zero attached hydrogens (tertiary/aromatic N) is 1. The van der Waals surface area contributed by atoms with Crippen LogP contribution in [0.5, 0.6) is 0 Å². The van der Waals surface area contributed by atoms with Gasteiger partial charge in [0, 0.05) is 13.1 Å². The van der Waals surface area contributed by atoms with E-state index in [1.165, 1.54) is 6.42 Å². The molecule has 0 radical (unpaired) electrons. The first-order valence-corrected chi connectivity index (χ1v) is 6.73. The molecule has 1 N–H and O–H groups in total. The first kappa shape index (κ1) is 12.8. The molecule has 3 nitrogen and oxygen atoms in total. The molecule has 17 heavy (non-hydrogen) atoms. The summed E-state index contributed by atoms with van der Waals surface area (Å²) in [6, 6.07) is 0.0125. The largest absolute Gasteiger partial charge is 0.341 e. The van der Waals surface area contributed by atoms with E-state index in [1.807, 2.05) is 11.8 Å². The smallest absolute Gasteiger partial charge is 0.239 e. The number of hydrogen-bond donors (Lipinski definition) is 1. The lowest BCUT2D eigenvalue weighted by atomic mass is 9.81. The van der Waals surface area contributed by atoms with Crippen molar-refractivity contribution in [3.05, 3.63) is 0 Å². The second-order valence-corrected chi connectivity index (χ2v) is 5.77. The Bertz CT molecular complexity index is 269. The molecule has 1 unspecified atom stereocenters. The van der Waals surface area contributed by atoms with Crippen LogP contribution < -0.4 is 5.32 Å². The Labute approximate surface area is 103 Å². The average molecular weight is 242 g/mol. The minimum absolute atomic E-state index is 0.0125. The predicted molar refractivity (Wildman–Crippen MR) is 65.5 cm³/mol. The number of hydrogen-bond acceptors (Lipinski definition) is 2. The van der Waals surface area contributed by atoms with E-state index in [-0.39, 0.29) is 24.0 Å².